The molecule has 0 aliphatic carbocycles. The maximum atomic E-state index is 12.5. The van der Waals surface area contributed by atoms with Gasteiger partial charge in [0.25, 0.3) is 11.8 Å². The third-order valence-corrected chi connectivity index (χ3v) is 5.80. The molecule has 30 heavy (non-hydrogen) atoms. The fraction of sp³-hybridized carbons (Fsp3) is 0.217. The Hall–Kier alpha value is -2.83. The van der Waals surface area contributed by atoms with Gasteiger partial charge in [-0.1, -0.05) is 29.8 Å². The van der Waals surface area contributed by atoms with E-state index < -0.39 is 0 Å². The Morgan fingerprint density at radius 1 is 1.03 bits per heavy atom. The number of hydrogen-bond acceptors (Lipinski definition) is 4. The van der Waals surface area contributed by atoms with Crippen LogP contribution >= 0.6 is 22.9 Å². The Bertz CT molecular complexity index is 1000. The molecule has 5 nitrogen and oxygen atoms in total. The number of amides is 2. The molecule has 0 radical (unpaired) electrons. The molecule has 0 saturated carbocycles. The summed E-state index contributed by atoms with van der Waals surface area (Å²) in [5, 5.41) is 7.91. The van der Waals surface area contributed by atoms with Crippen molar-refractivity contribution in [3.63, 3.8) is 0 Å². The minimum atomic E-state index is -0.246. The normalized spacial score (nSPS) is 10.5. The van der Waals surface area contributed by atoms with Gasteiger partial charge in [-0.05, 0) is 60.2 Å². The van der Waals surface area contributed by atoms with Crippen LogP contribution in [0, 0.1) is 0 Å². The molecule has 2 amide bonds. The van der Waals surface area contributed by atoms with E-state index in [1.54, 1.807) is 24.3 Å². The number of nitrogens with zero attached hydrogens (tertiary/aromatic N) is 1. The van der Waals surface area contributed by atoms with Crippen molar-refractivity contribution < 1.29 is 9.59 Å². The van der Waals surface area contributed by atoms with Crippen molar-refractivity contribution in [3.8, 4) is 0 Å². The average molecular weight is 442 g/mol. The standard InChI is InChI=1S/C23H24ClN3O2S/c1-27(2)18-10-7-16(8-11-18)5-3-13-25-22(28)17-9-12-19(24)20(15-17)26-23(29)21-6-4-14-30-21/h4,6-12,14-15H,3,5,13H2,1-2H3,(H,25,28)(H,26,29). The van der Waals surface area contributed by atoms with Crippen LogP contribution in [-0.2, 0) is 6.42 Å². The molecule has 156 valence electrons. The Balaban J connectivity index is 1.52. The summed E-state index contributed by atoms with van der Waals surface area (Å²) in [4.78, 5) is 27.4. The maximum absolute atomic E-state index is 12.5. The zero-order valence-corrected chi connectivity index (χ0v) is 18.5. The highest BCUT2D eigenvalue weighted by atomic mass is 35.5. The molecule has 2 aromatic carbocycles. The van der Waals surface area contributed by atoms with Crippen LogP contribution in [0.4, 0.5) is 11.4 Å². The number of aryl methyl sites for hydroxylation is 1. The van der Waals surface area contributed by atoms with E-state index in [0.717, 1.165) is 18.5 Å². The molecule has 0 saturated heterocycles. The second-order valence-electron chi connectivity index (χ2n) is 7.05. The summed E-state index contributed by atoms with van der Waals surface area (Å²) in [6.07, 6.45) is 1.72. The predicted octanol–water partition coefficient (Wildman–Crippen LogP) is 5.08. The number of benzene rings is 2. The zero-order chi connectivity index (χ0) is 21.5. The molecule has 0 atom stereocenters. The van der Waals surface area contributed by atoms with Gasteiger partial charge >= 0.3 is 0 Å². The van der Waals surface area contributed by atoms with Gasteiger partial charge in [0.1, 0.15) is 0 Å². The van der Waals surface area contributed by atoms with Crippen molar-refractivity contribution >= 4 is 46.1 Å². The molecule has 0 unspecified atom stereocenters. The third-order valence-electron chi connectivity index (χ3n) is 4.60. The first kappa shape index (κ1) is 21.9. The molecule has 3 rings (SSSR count). The van der Waals surface area contributed by atoms with Crippen molar-refractivity contribution in [2.75, 3.05) is 30.9 Å². The van der Waals surface area contributed by atoms with Crippen molar-refractivity contribution in [1.82, 2.24) is 5.32 Å². The molecule has 0 aliphatic rings. The summed E-state index contributed by atoms with van der Waals surface area (Å²) in [7, 11) is 4.03. The van der Waals surface area contributed by atoms with Crippen LogP contribution in [0.5, 0.6) is 0 Å². The van der Waals surface area contributed by atoms with Gasteiger partial charge < -0.3 is 15.5 Å². The Morgan fingerprint density at radius 3 is 2.47 bits per heavy atom. The van der Waals surface area contributed by atoms with E-state index in [1.165, 1.54) is 16.9 Å². The molecule has 0 bridgehead atoms. The van der Waals surface area contributed by atoms with Gasteiger partial charge in [-0.15, -0.1) is 11.3 Å². The van der Waals surface area contributed by atoms with Gasteiger partial charge in [-0.2, -0.15) is 0 Å². The van der Waals surface area contributed by atoms with E-state index in [1.807, 2.05) is 25.5 Å². The molecule has 0 aliphatic heterocycles. The Morgan fingerprint density at radius 2 is 1.80 bits per heavy atom. The summed E-state index contributed by atoms with van der Waals surface area (Å²) < 4.78 is 0. The molecular weight excluding hydrogens is 418 g/mol. The van der Waals surface area contributed by atoms with Gasteiger partial charge in [0, 0.05) is 31.9 Å². The maximum Gasteiger partial charge on any atom is 0.265 e. The van der Waals surface area contributed by atoms with Crippen LogP contribution in [-0.4, -0.2) is 32.5 Å². The van der Waals surface area contributed by atoms with Gasteiger partial charge in [0.2, 0.25) is 0 Å². The lowest BCUT2D eigenvalue weighted by molar-refractivity contribution is 0.0952. The molecule has 2 N–H and O–H groups in total. The number of anilines is 2. The molecule has 3 aromatic rings. The van der Waals surface area contributed by atoms with Gasteiger partial charge in [-0.25, -0.2) is 0 Å². The lowest BCUT2D eigenvalue weighted by Crippen LogP contribution is -2.25. The number of nitrogens with one attached hydrogen (secondary N) is 2. The van der Waals surface area contributed by atoms with Crippen molar-refractivity contribution in [1.29, 1.82) is 0 Å². The molecule has 0 spiro atoms. The van der Waals surface area contributed by atoms with Crippen LogP contribution in [0.3, 0.4) is 0 Å². The zero-order valence-electron chi connectivity index (χ0n) is 16.9. The van der Waals surface area contributed by atoms with E-state index in [2.05, 4.69) is 39.8 Å². The number of carbonyl (C=O) groups is 2. The highest BCUT2D eigenvalue weighted by molar-refractivity contribution is 7.12. The minimum absolute atomic E-state index is 0.193. The van der Waals surface area contributed by atoms with Gasteiger partial charge in [-0.3, -0.25) is 9.59 Å². The van der Waals surface area contributed by atoms with Crippen molar-refractivity contribution in [2.45, 2.75) is 12.8 Å². The van der Waals surface area contributed by atoms with E-state index in [9.17, 15) is 9.59 Å². The van der Waals surface area contributed by atoms with Crippen LogP contribution in [0.25, 0.3) is 0 Å². The second-order valence-corrected chi connectivity index (χ2v) is 8.40. The highest BCUT2D eigenvalue weighted by Gasteiger charge is 2.12. The van der Waals surface area contributed by atoms with Crippen LogP contribution in [0.2, 0.25) is 5.02 Å². The minimum Gasteiger partial charge on any atom is -0.378 e. The van der Waals surface area contributed by atoms with Crippen molar-refractivity contribution in [2.24, 2.45) is 0 Å². The van der Waals surface area contributed by atoms with Gasteiger partial charge in [0.05, 0.1) is 15.6 Å². The Kier molecular flexibility index (Phi) is 7.49. The summed E-state index contributed by atoms with van der Waals surface area (Å²) >= 11 is 7.53. The SMILES string of the molecule is CN(C)c1ccc(CCCNC(=O)c2ccc(Cl)c(NC(=O)c3cccs3)c2)cc1. The highest BCUT2D eigenvalue weighted by Crippen LogP contribution is 2.24. The molecule has 1 heterocycles. The molecule has 7 heteroatoms. The average Bonchev–Trinajstić information content (AvgIpc) is 3.28. The monoisotopic (exact) mass is 441 g/mol. The van der Waals surface area contributed by atoms with Crippen LogP contribution in [0.1, 0.15) is 32.0 Å². The molecular formula is C23H24ClN3O2S. The van der Waals surface area contributed by atoms with Gasteiger partial charge in [0.15, 0.2) is 0 Å². The Labute approximate surface area is 185 Å². The third kappa shape index (κ3) is 5.84. The fourth-order valence-electron chi connectivity index (χ4n) is 2.91. The first-order chi connectivity index (χ1) is 14.4. The van der Waals surface area contributed by atoms with E-state index in [0.29, 0.717) is 27.7 Å². The summed E-state index contributed by atoms with van der Waals surface area (Å²) in [6.45, 7) is 0.563. The lowest BCUT2D eigenvalue weighted by atomic mass is 10.1. The summed E-state index contributed by atoms with van der Waals surface area (Å²) in [5.41, 5.74) is 3.27. The smallest absolute Gasteiger partial charge is 0.265 e. The topological polar surface area (TPSA) is 61.4 Å². The number of halogens is 1. The van der Waals surface area contributed by atoms with E-state index >= 15 is 0 Å². The first-order valence-electron chi connectivity index (χ1n) is 9.63. The van der Waals surface area contributed by atoms with E-state index in [-0.39, 0.29) is 11.8 Å². The van der Waals surface area contributed by atoms with E-state index in [4.69, 9.17) is 11.6 Å². The largest absolute Gasteiger partial charge is 0.378 e. The second kappa shape index (κ2) is 10.3. The first-order valence-corrected chi connectivity index (χ1v) is 10.9. The van der Waals surface area contributed by atoms with Crippen LogP contribution < -0.4 is 15.5 Å². The molecule has 0 fully saturated rings. The number of hydrogen-bond donors (Lipinski definition) is 2. The number of thiophene rings is 1. The quantitative estimate of drug-likeness (QED) is 0.479. The van der Waals surface area contributed by atoms with Crippen molar-refractivity contribution in [3.05, 3.63) is 81.0 Å². The fourth-order valence-corrected chi connectivity index (χ4v) is 3.69. The van der Waals surface area contributed by atoms with Crippen LogP contribution in [0.15, 0.2) is 60.0 Å². The number of rotatable bonds is 8. The summed E-state index contributed by atoms with van der Waals surface area (Å²) in [5.74, 6) is -0.439. The lowest BCUT2D eigenvalue weighted by Gasteiger charge is -2.12. The summed E-state index contributed by atoms with van der Waals surface area (Å²) in [6, 6.07) is 16.8. The molecule has 1 aromatic heterocycles. The predicted molar refractivity (Wildman–Crippen MR) is 125 cm³/mol. The number of carbonyl (C=O) groups excluding carboxylic acids is 2.